The van der Waals surface area contributed by atoms with Gasteiger partial charge in [-0.2, -0.15) is 0 Å². The monoisotopic (exact) mass is 403 g/mol. The van der Waals surface area contributed by atoms with Crippen molar-refractivity contribution in [3.63, 3.8) is 0 Å². The number of benzene rings is 4. The molecule has 0 bridgehead atoms. The highest BCUT2D eigenvalue weighted by Gasteiger charge is 2.37. The Kier molecular flexibility index (Phi) is 4.70. The smallest absolute Gasteiger partial charge is 0.0460 e. The summed E-state index contributed by atoms with van der Waals surface area (Å²) in [6, 6.07) is 35.7. The minimum absolute atomic E-state index is 0.0733. The molecule has 0 aliphatic carbocycles. The summed E-state index contributed by atoms with van der Waals surface area (Å²) >= 11 is 0. The number of rotatable bonds is 3. The van der Waals surface area contributed by atoms with E-state index in [4.69, 9.17) is 0 Å². The molecule has 0 radical (unpaired) electrons. The number of nitrogens with zero attached hydrogens (tertiary/aromatic N) is 1. The molecule has 1 heterocycles. The van der Waals surface area contributed by atoms with Gasteiger partial charge in [0.15, 0.2) is 0 Å². The topological polar surface area (TPSA) is 3.24 Å². The van der Waals surface area contributed by atoms with Crippen molar-refractivity contribution in [2.24, 2.45) is 0 Å². The van der Waals surface area contributed by atoms with Gasteiger partial charge < -0.3 is 4.90 Å². The number of fused-ring (bicyclic) bond motifs is 2. The summed E-state index contributed by atoms with van der Waals surface area (Å²) in [4.78, 5) is 2.51. The zero-order valence-corrected chi connectivity index (χ0v) is 18.8. The molecule has 1 aliphatic heterocycles. The average Bonchev–Trinajstić information content (AvgIpc) is 2.80. The van der Waals surface area contributed by atoms with Crippen molar-refractivity contribution in [2.75, 3.05) is 4.90 Å². The molecular formula is C30H29N. The largest absolute Gasteiger partial charge is 0.338 e. The van der Waals surface area contributed by atoms with Gasteiger partial charge in [-0.05, 0) is 65.4 Å². The zero-order valence-electron chi connectivity index (χ0n) is 18.8. The molecule has 4 aromatic rings. The molecule has 4 aromatic carbocycles. The fourth-order valence-corrected chi connectivity index (χ4v) is 4.96. The van der Waals surface area contributed by atoms with E-state index >= 15 is 0 Å². The molecule has 1 heteroatoms. The van der Waals surface area contributed by atoms with Crippen LogP contribution in [0.2, 0.25) is 0 Å². The molecule has 0 atom stereocenters. The first kappa shape index (κ1) is 19.6. The molecule has 0 spiro atoms. The molecule has 1 aliphatic rings. The normalized spacial score (nSPS) is 14.3. The maximum atomic E-state index is 2.51. The van der Waals surface area contributed by atoms with Crippen molar-refractivity contribution in [1.29, 1.82) is 0 Å². The van der Waals surface area contributed by atoms with E-state index in [0.29, 0.717) is 6.04 Å². The third-order valence-corrected chi connectivity index (χ3v) is 6.59. The van der Waals surface area contributed by atoms with Gasteiger partial charge >= 0.3 is 0 Å². The van der Waals surface area contributed by atoms with E-state index in [1.807, 2.05) is 0 Å². The summed E-state index contributed by atoms with van der Waals surface area (Å²) in [5.74, 6) is 0. The zero-order chi connectivity index (χ0) is 21.6. The van der Waals surface area contributed by atoms with E-state index in [-0.39, 0.29) is 5.41 Å². The fourth-order valence-electron chi connectivity index (χ4n) is 4.96. The lowest BCUT2D eigenvalue weighted by Crippen LogP contribution is -2.36. The Bertz CT molecular complexity index is 1220. The minimum Gasteiger partial charge on any atom is -0.338 e. The second-order valence-corrected chi connectivity index (χ2v) is 9.28. The van der Waals surface area contributed by atoms with Gasteiger partial charge in [0.25, 0.3) is 0 Å². The van der Waals surface area contributed by atoms with Crippen LogP contribution in [-0.4, -0.2) is 6.04 Å². The minimum atomic E-state index is -0.0733. The van der Waals surface area contributed by atoms with E-state index in [9.17, 15) is 0 Å². The lowest BCUT2D eigenvalue weighted by molar-refractivity contribution is 0.613. The summed E-state index contributed by atoms with van der Waals surface area (Å²) in [7, 11) is 0. The lowest BCUT2D eigenvalue weighted by Gasteiger charge is -2.44. The van der Waals surface area contributed by atoms with E-state index in [2.05, 4.69) is 130 Å². The fraction of sp³-hybridized carbons (Fsp3) is 0.200. The van der Waals surface area contributed by atoms with E-state index < -0.39 is 0 Å². The van der Waals surface area contributed by atoms with Crippen LogP contribution in [0, 0.1) is 0 Å². The molecule has 0 saturated heterocycles. The summed E-state index contributed by atoms with van der Waals surface area (Å²) in [5.41, 5.74) is 10.4. The highest BCUT2D eigenvalue weighted by Crippen LogP contribution is 2.51. The standard InChI is InChI=1S/C30H29N/c1-21(2)31-28-18-16-24(22-11-7-5-8-12-22)19-27(28)30(3,4)26-17-15-25(20-29(26)31)23-13-9-6-10-14-23/h5-21H,1-4H3. The van der Waals surface area contributed by atoms with Gasteiger partial charge in [0, 0.05) is 22.8 Å². The van der Waals surface area contributed by atoms with Gasteiger partial charge in [0.2, 0.25) is 0 Å². The molecular weight excluding hydrogens is 374 g/mol. The first-order valence-electron chi connectivity index (χ1n) is 11.2. The van der Waals surface area contributed by atoms with Gasteiger partial charge in [-0.25, -0.2) is 0 Å². The molecule has 0 amide bonds. The van der Waals surface area contributed by atoms with Gasteiger partial charge in [-0.1, -0.05) is 92.7 Å². The Morgan fingerprint density at radius 1 is 0.548 bits per heavy atom. The Labute approximate surface area is 186 Å². The molecule has 0 unspecified atom stereocenters. The van der Waals surface area contributed by atoms with Gasteiger partial charge in [0.05, 0.1) is 0 Å². The quantitative estimate of drug-likeness (QED) is 0.333. The van der Waals surface area contributed by atoms with Crippen LogP contribution < -0.4 is 4.90 Å². The predicted octanol–water partition coefficient (Wildman–Crippen LogP) is 8.21. The van der Waals surface area contributed by atoms with E-state index in [1.165, 1.54) is 44.8 Å². The van der Waals surface area contributed by atoms with Crippen molar-refractivity contribution in [1.82, 2.24) is 0 Å². The van der Waals surface area contributed by atoms with Crippen molar-refractivity contribution < 1.29 is 0 Å². The van der Waals surface area contributed by atoms with Crippen molar-refractivity contribution >= 4 is 11.4 Å². The lowest BCUT2D eigenvalue weighted by atomic mass is 9.72. The van der Waals surface area contributed by atoms with Gasteiger partial charge in [-0.3, -0.25) is 0 Å². The average molecular weight is 404 g/mol. The highest BCUT2D eigenvalue weighted by molar-refractivity contribution is 5.84. The SMILES string of the molecule is CC(C)N1c2cc(-c3ccccc3)ccc2C(C)(C)c2cc(-c3ccccc3)ccc21. The first-order chi connectivity index (χ1) is 15.0. The van der Waals surface area contributed by atoms with Crippen LogP contribution in [0.5, 0.6) is 0 Å². The van der Waals surface area contributed by atoms with Crippen molar-refractivity contribution in [3.8, 4) is 22.3 Å². The second-order valence-electron chi connectivity index (χ2n) is 9.28. The Morgan fingerprint density at radius 2 is 1.10 bits per heavy atom. The Hall–Kier alpha value is -3.32. The van der Waals surface area contributed by atoms with E-state index in [0.717, 1.165) is 0 Å². The van der Waals surface area contributed by atoms with Crippen molar-refractivity contribution in [2.45, 2.75) is 39.2 Å². The number of hydrogen-bond donors (Lipinski definition) is 0. The first-order valence-corrected chi connectivity index (χ1v) is 11.2. The third kappa shape index (κ3) is 3.25. The van der Waals surface area contributed by atoms with Crippen LogP contribution in [0.4, 0.5) is 11.4 Å². The number of hydrogen-bond acceptors (Lipinski definition) is 1. The molecule has 1 nitrogen and oxygen atoms in total. The van der Waals surface area contributed by atoms with E-state index in [1.54, 1.807) is 0 Å². The molecule has 5 rings (SSSR count). The maximum Gasteiger partial charge on any atom is 0.0460 e. The highest BCUT2D eigenvalue weighted by atomic mass is 15.2. The molecule has 0 aromatic heterocycles. The van der Waals surface area contributed by atoms with Crippen LogP contribution in [-0.2, 0) is 5.41 Å². The summed E-state index contributed by atoms with van der Waals surface area (Å²) in [5, 5.41) is 0. The third-order valence-electron chi connectivity index (χ3n) is 6.59. The van der Waals surface area contributed by atoms with Crippen LogP contribution >= 0.6 is 0 Å². The Balaban J connectivity index is 1.70. The van der Waals surface area contributed by atoms with Crippen LogP contribution in [0.15, 0.2) is 97.1 Å². The van der Waals surface area contributed by atoms with Crippen molar-refractivity contribution in [3.05, 3.63) is 108 Å². The van der Waals surface area contributed by atoms with Crippen LogP contribution in [0.25, 0.3) is 22.3 Å². The van der Waals surface area contributed by atoms with Crippen LogP contribution in [0.1, 0.15) is 38.8 Å². The second kappa shape index (κ2) is 7.42. The molecule has 0 saturated carbocycles. The van der Waals surface area contributed by atoms with Gasteiger partial charge in [-0.15, -0.1) is 0 Å². The summed E-state index contributed by atoms with van der Waals surface area (Å²) in [6.07, 6.45) is 0. The molecule has 154 valence electrons. The molecule has 0 fully saturated rings. The summed E-state index contributed by atoms with van der Waals surface area (Å²) < 4.78 is 0. The maximum absolute atomic E-state index is 2.51. The Morgan fingerprint density at radius 3 is 1.68 bits per heavy atom. The predicted molar refractivity (Wildman–Crippen MR) is 133 cm³/mol. The molecule has 0 N–H and O–H groups in total. The summed E-state index contributed by atoms with van der Waals surface area (Å²) in [6.45, 7) is 9.29. The number of anilines is 2. The van der Waals surface area contributed by atoms with Crippen LogP contribution in [0.3, 0.4) is 0 Å². The van der Waals surface area contributed by atoms with Gasteiger partial charge in [0.1, 0.15) is 0 Å². The molecule has 31 heavy (non-hydrogen) atoms.